The van der Waals surface area contributed by atoms with Gasteiger partial charge in [0.1, 0.15) is 18.6 Å². The third kappa shape index (κ3) is 20.1. The number of benzene rings is 2. The van der Waals surface area contributed by atoms with Gasteiger partial charge in [-0.25, -0.2) is 9.98 Å². The minimum Gasteiger partial charge on any atom is -0.492 e. The summed E-state index contributed by atoms with van der Waals surface area (Å²) in [6, 6.07) is 17.6. The highest BCUT2D eigenvalue weighted by atomic mass is 35.5. The Morgan fingerprint density at radius 2 is 1.77 bits per heavy atom. The predicted octanol–water partition coefficient (Wildman–Crippen LogP) is 5.92. The van der Waals surface area contributed by atoms with Crippen molar-refractivity contribution in [3.63, 3.8) is 0 Å². The molecule has 2 aromatic carbocycles. The second kappa shape index (κ2) is 25.2. The Morgan fingerprint density at radius 1 is 1.08 bits per heavy atom. The van der Waals surface area contributed by atoms with Crippen LogP contribution < -0.4 is 20.7 Å². The van der Waals surface area contributed by atoms with E-state index in [0.29, 0.717) is 61.0 Å². The number of aliphatic hydroxyl groups is 1. The Kier molecular flexibility index (Phi) is 21.9. The number of hydrogen-bond donors (Lipinski definition) is 4. The highest BCUT2D eigenvalue weighted by molar-refractivity contribution is 6.32. The number of para-hydroxylation sites is 1. The number of carbonyl (C=O) groups excluding carboxylic acids is 2. The number of alkyl halides is 3. The van der Waals surface area contributed by atoms with Crippen LogP contribution in [0.5, 0.6) is 5.75 Å². The molecule has 290 valence electrons. The maximum atomic E-state index is 12.9. The summed E-state index contributed by atoms with van der Waals surface area (Å²) >= 11 is 6.13. The predicted molar refractivity (Wildman–Crippen MR) is 206 cm³/mol. The fraction of sp³-hybridized carbons (Fsp3) is 0.405. The van der Waals surface area contributed by atoms with E-state index in [1.807, 2.05) is 42.3 Å². The number of ether oxygens (including phenoxy) is 1. The number of aliphatic hydroxyl groups excluding tert-OH is 1. The van der Waals surface area contributed by atoms with Gasteiger partial charge in [0, 0.05) is 56.9 Å². The Hall–Kier alpha value is -4.86. The monoisotopic (exact) mass is 762 g/mol. The van der Waals surface area contributed by atoms with E-state index in [1.54, 1.807) is 49.6 Å². The molecule has 3 aromatic rings. The first kappa shape index (κ1) is 46.2. The van der Waals surface area contributed by atoms with E-state index in [-0.39, 0.29) is 23.2 Å². The number of amides is 1. The van der Waals surface area contributed by atoms with Gasteiger partial charge in [-0.15, -0.1) is 0 Å². The van der Waals surface area contributed by atoms with Crippen molar-refractivity contribution < 1.29 is 32.6 Å². The van der Waals surface area contributed by atoms with Crippen molar-refractivity contribution in [2.24, 2.45) is 20.4 Å². The number of nitrogens with zero attached hydrogens (tertiary/aromatic N) is 5. The number of aromatic nitrogens is 1. The molecule has 0 saturated heterocycles. The standard InChI is InChI=1S/C22H30ClN3O2.C14H16F3N5O.CH4O/c1-22(2,16-24-3)17-26(21(27)14-18-8-6-11-25-15-18)12-7-13-28-20-10-5-4-9-19(20)23;1-3-19-13(20-9-14(15,16)17)22-12(18-2)21-11-6-4-10(8-23)5-7-11;1-2/h4-6,8-11,15,24H,7,12-14,16-17H2,1-3H3;4-8H,2-3,9H2,1H3,(H2,19,20,21,22);2H,1H3. The van der Waals surface area contributed by atoms with Crippen molar-refractivity contribution in [3.05, 3.63) is 89.2 Å². The number of aliphatic imine (C=N–C) groups is 3. The van der Waals surface area contributed by atoms with Gasteiger partial charge in [-0.1, -0.05) is 43.6 Å². The molecule has 1 amide bonds. The Bertz CT molecular complexity index is 1570. The number of rotatable bonds is 15. The number of anilines is 1. The van der Waals surface area contributed by atoms with Crippen LogP contribution in [-0.4, -0.2) is 105 Å². The van der Waals surface area contributed by atoms with Crippen LogP contribution in [-0.2, 0) is 11.2 Å². The quantitative estimate of drug-likeness (QED) is 0.0644. The SMILES string of the molecule is C=N/C(=N\C(=NCC(F)(F)F)NCC)Nc1ccc(C=O)cc1.CNCC(C)(C)CN(CCCOc1ccccc1Cl)C(=O)Cc1cccnc1.CO. The molecule has 16 heteroatoms. The minimum atomic E-state index is -4.42. The number of pyridine rings is 1. The van der Waals surface area contributed by atoms with E-state index >= 15 is 0 Å². The Labute approximate surface area is 314 Å². The van der Waals surface area contributed by atoms with Crippen molar-refractivity contribution in [3.8, 4) is 5.75 Å². The van der Waals surface area contributed by atoms with Crippen molar-refractivity contribution >= 4 is 48.1 Å². The highest BCUT2D eigenvalue weighted by Crippen LogP contribution is 2.23. The minimum absolute atomic E-state index is 0.0225. The van der Waals surface area contributed by atoms with E-state index in [9.17, 15) is 22.8 Å². The van der Waals surface area contributed by atoms with Crippen molar-refractivity contribution in [2.45, 2.75) is 39.8 Å². The summed E-state index contributed by atoms with van der Waals surface area (Å²) in [5.41, 5.74) is 1.94. The summed E-state index contributed by atoms with van der Waals surface area (Å²) in [5.74, 6) is 0.554. The first-order valence-electron chi connectivity index (χ1n) is 16.6. The average Bonchev–Trinajstić information content (AvgIpc) is 3.13. The molecule has 0 atom stereocenters. The van der Waals surface area contributed by atoms with Crippen LogP contribution in [0.4, 0.5) is 18.9 Å². The molecule has 0 aliphatic rings. The molecule has 1 heterocycles. The molecule has 12 nitrogen and oxygen atoms in total. The normalized spacial score (nSPS) is 11.6. The molecule has 0 radical (unpaired) electrons. The van der Waals surface area contributed by atoms with E-state index < -0.39 is 12.7 Å². The van der Waals surface area contributed by atoms with Gasteiger partial charge in [-0.2, -0.15) is 18.2 Å². The molecule has 0 aliphatic carbocycles. The van der Waals surface area contributed by atoms with Crippen LogP contribution in [0.25, 0.3) is 0 Å². The lowest BCUT2D eigenvalue weighted by molar-refractivity contribution is -0.132. The van der Waals surface area contributed by atoms with Gasteiger partial charge < -0.3 is 30.7 Å². The molecule has 0 saturated carbocycles. The molecular formula is C37H50ClF3N8O4. The summed E-state index contributed by atoms with van der Waals surface area (Å²) in [5, 5.41) is 16.2. The summed E-state index contributed by atoms with van der Waals surface area (Å²) < 4.78 is 42.5. The number of aldehydes is 1. The fourth-order valence-electron chi connectivity index (χ4n) is 4.56. The van der Waals surface area contributed by atoms with Crippen LogP contribution >= 0.6 is 11.6 Å². The van der Waals surface area contributed by atoms with Crippen LogP contribution in [0.15, 0.2) is 88.0 Å². The number of nitrogens with one attached hydrogen (secondary N) is 3. The van der Waals surface area contributed by atoms with Gasteiger partial charge in [0.05, 0.1) is 18.1 Å². The van der Waals surface area contributed by atoms with Crippen LogP contribution in [0.3, 0.4) is 0 Å². The number of hydrogen-bond acceptors (Lipinski definition) is 7. The topological polar surface area (TPSA) is 153 Å². The molecule has 0 bridgehead atoms. The van der Waals surface area contributed by atoms with Gasteiger partial charge in [0.2, 0.25) is 17.8 Å². The number of carbonyl (C=O) groups is 2. The van der Waals surface area contributed by atoms with Crippen molar-refractivity contribution in [2.75, 3.05) is 58.8 Å². The zero-order valence-corrected chi connectivity index (χ0v) is 31.5. The molecule has 0 fully saturated rings. The van der Waals surface area contributed by atoms with Crippen LogP contribution in [0.2, 0.25) is 5.02 Å². The van der Waals surface area contributed by atoms with Gasteiger partial charge in [0.15, 0.2) is 0 Å². The zero-order chi connectivity index (χ0) is 39.7. The lowest BCUT2D eigenvalue weighted by Crippen LogP contribution is -2.44. The maximum absolute atomic E-state index is 12.9. The summed E-state index contributed by atoms with van der Waals surface area (Å²) in [6.07, 6.45) is 0.825. The van der Waals surface area contributed by atoms with Crippen LogP contribution in [0, 0.1) is 5.41 Å². The largest absolute Gasteiger partial charge is 0.492 e. The maximum Gasteiger partial charge on any atom is 0.408 e. The van der Waals surface area contributed by atoms with E-state index in [1.165, 1.54) is 0 Å². The molecular weight excluding hydrogens is 713 g/mol. The fourth-order valence-corrected chi connectivity index (χ4v) is 4.75. The summed E-state index contributed by atoms with van der Waals surface area (Å²) in [4.78, 5) is 40.4. The van der Waals surface area contributed by atoms with E-state index in [2.05, 4.69) is 56.5 Å². The third-order valence-electron chi connectivity index (χ3n) is 6.78. The molecule has 53 heavy (non-hydrogen) atoms. The Balaban J connectivity index is 0.000000516. The highest BCUT2D eigenvalue weighted by Gasteiger charge is 2.27. The van der Waals surface area contributed by atoms with Gasteiger partial charge in [-0.3, -0.25) is 14.6 Å². The van der Waals surface area contributed by atoms with Crippen LogP contribution in [0.1, 0.15) is 43.1 Å². The first-order valence-corrected chi connectivity index (χ1v) is 17.0. The molecule has 4 N–H and O–H groups in total. The molecule has 0 spiro atoms. The number of guanidine groups is 2. The summed E-state index contributed by atoms with van der Waals surface area (Å²) in [7, 11) is 2.93. The number of halogens is 4. The van der Waals surface area contributed by atoms with Crippen molar-refractivity contribution in [1.82, 2.24) is 20.5 Å². The Morgan fingerprint density at radius 3 is 2.34 bits per heavy atom. The van der Waals surface area contributed by atoms with Crippen molar-refractivity contribution in [1.29, 1.82) is 0 Å². The molecule has 1 aromatic heterocycles. The lowest BCUT2D eigenvalue weighted by atomic mass is 9.92. The molecule has 0 unspecified atom stereocenters. The molecule has 3 rings (SSSR count). The zero-order valence-electron chi connectivity index (χ0n) is 30.8. The lowest BCUT2D eigenvalue weighted by Gasteiger charge is -2.33. The smallest absolute Gasteiger partial charge is 0.408 e. The van der Waals surface area contributed by atoms with E-state index in [4.69, 9.17) is 21.4 Å². The van der Waals surface area contributed by atoms with Gasteiger partial charge >= 0.3 is 6.18 Å². The molecule has 0 aliphatic heterocycles. The second-order valence-electron chi connectivity index (χ2n) is 11.9. The first-order chi connectivity index (χ1) is 25.3. The van der Waals surface area contributed by atoms with Gasteiger partial charge in [-0.05, 0) is 80.6 Å². The van der Waals surface area contributed by atoms with Gasteiger partial charge in [0.25, 0.3) is 0 Å². The third-order valence-corrected chi connectivity index (χ3v) is 7.09. The summed E-state index contributed by atoms with van der Waals surface area (Å²) in [6.45, 7) is 11.0. The average molecular weight is 763 g/mol. The second-order valence-corrected chi connectivity index (χ2v) is 12.3. The van der Waals surface area contributed by atoms with E-state index in [0.717, 1.165) is 25.6 Å².